The lowest BCUT2D eigenvalue weighted by Gasteiger charge is -2.43. The topological polar surface area (TPSA) is 40.6 Å². The number of hydrogen-bond donors (Lipinski definition) is 0. The Bertz CT molecular complexity index is 361. The van der Waals surface area contributed by atoms with Crippen LogP contribution in [0.3, 0.4) is 0 Å². The summed E-state index contributed by atoms with van der Waals surface area (Å²) in [7, 11) is -2.98. The van der Waals surface area contributed by atoms with Crippen LogP contribution in [0.4, 0.5) is 0 Å². The van der Waals surface area contributed by atoms with Gasteiger partial charge in [-0.2, -0.15) is 4.31 Å². The third kappa shape index (κ3) is 3.06. The maximum Gasteiger partial charge on any atom is 0.213 e. The van der Waals surface area contributed by atoms with Crippen molar-refractivity contribution in [2.24, 2.45) is 5.92 Å². The molecular formula is C13H26N2O2S. The van der Waals surface area contributed by atoms with Gasteiger partial charge in [0.05, 0.1) is 5.75 Å². The molecule has 1 saturated carbocycles. The van der Waals surface area contributed by atoms with Crippen LogP contribution in [0.1, 0.15) is 39.5 Å². The first kappa shape index (κ1) is 14.3. The van der Waals surface area contributed by atoms with E-state index in [1.165, 1.54) is 25.7 Å². The molecule has 0 radical (unpaired) electrons. The van der Waals surface area contributed by atoms with Gasteiger partial charge in [-0.1, -0.05) is 19.8 Å². The zero-order chi connectivity index (χ0) is 13.2. The van der Waals surface area contributed by atoms with Crippen molar-refractivity contribution in [2.75, 3.05) is 31.9 Å². The van der Waals surface area contributed by atoms with E-state index in [4.69, 9.17) is 0 Å². The van der Waals surface area contributed by atoms with E-state index >= 15 is 0 Å². The van der Waals surface area contributed by atoms with Crippen molar-refractivity contribution in [3.8, 4) is 0 Å². The minimum absolute atomic E-state index is 0.229. The van der Waals surface area contributed by atoms with E-state index in [0.29, 0.717) is 19.1 Å². The molecule has 1 saturated heterocycles. The zero-order valence-corrected chi connectivity index (χ0v) is 12.5. The predicted molar refractivity (Wildman–Crippen MR) is 74.0 cm³/mol. The van der Waals surface area contributed by atoms with Crippen LogP contribution in [0.15, 0.2) is 0 Å². The molecule has 0 unspecified atom stereocenters. The molecule has 0 spiro atoms. The van der Waals surface area contributed by atoms with E-state index in [1.807, 2.05) is 0 Å². The van der Waals surface area contributed by atoms with Crippen LogP contribution in [0, 0.1) is 5.92 Å². The van der Waals surface area contributed by atoms with Crippen molar-refractivity contribution in [2.45, 2.75) is 45.6 Å². The van der Waals surface area contributed by atoms with Gasteiger partial charge in [0.25, 0.3) is 0 Å². The van der Waals surface area contributed by atoms with Gasteiger partial charge in [-0.3, -0.25) is 4.90 Å². The van der Waals surface area contributed by atoms with Gasteiger partial charge < -0.3 is 0 Å². The van der Waals surface area contributed by atoms with Gasteiger partial charge in [-0.25, -0.2) is 8.42 Å². The summed E-state index contributed by atoms with van der Waals surface area (Å²) in [6, 6.07) is 0.685. The van der Waals surface area contributed by atoms with E-state index in [0.717, 1.165) is 19.0 Å². The Morgan fingerprint density at radius 2 is 1.67 bits per heavy atom. The third-order valence-corrected chi connectivity index (χ3v) is 6.45. The van der Waals surface area contributed by atoms with Gasteiger partial charge in [0.1, 0.15) is 0 Å². The van der Waals surface area contributed by atoms with Crippen molar-refractivity contribution in [1.29, 1.82) is 0 Å². The first-order valence-electron chi connectivity index (χ1n) is 7.26. The van der Waals surface area contributed by atoms with Gasteiger partial charge in [-0.05, 0) is 25.7 Å². The standard InChI is InChI=1S/C13H26N2O2S/c1-3-18(16,17)15-10-8-14(9-11-15)13-7-5-4-6-12(13)2/h12-13H,3-11H2,1-2H3/t12-,13+/m0/s1. The largest absolute Gasteiger partial charge is 0.298 e. The summed E-state index contributed by atoms with van der Waals surface area (Å²) in [5.41, 5.74) is 0. The summed E-state index contributed by atoms with van der Waals surface area (Å²) in [5.74, 6) is 1.00. The van der Waals surface area contributed by atoms with Gasteiger partial charge in [0, 0.05) is 32.2 Å². The summed E-state index contributed by atoms with van der Waals surface area (Å²) in [5, 5.41) is 0. The molecule has 4 nitrogen and oxygen atoms in total. The van der Waals surface area contributed by atoms with E-state index in [2.05, 4.69) is 11.8 Å². The Morgan fingerprint density at radius 1 is 1.06 bits per heavy atom. The molecule has 1 heterocycles. The molecule has 2 fully saturated rings. The second kappa shape index (κ2) is 5.88. The minimum atomic E-state index is -2.98. The molecule has 1 aliphatic carbocycles. The second-order valence-electron chi connectivity index (χ2n) is 5.66. The summed E-state index contributed by atoms with van der Waals surface area (Å²) in [4.78, 5) is 2.52. The number of piperazine rings is 1. The number of nitrogens with zero attached hydrogens (tertiary/aromatic N) is 2. The highest BCUT2D eigenvalue weighted by Gasteiger charge is 2.32. The Labute approximate surface area is 111 Å². The summed E-state index contributed by atoms with van der Waals surface area (Å²) < 4.78 is 25.3. The van der Waals surface area contributed by atoms with Crippen LogP contribution in [0.5, 0.6) is 0 Å². The maximum absolute atomic E-state index is 11.8. The predicted octanol–water partition coefficient (Wildman–Crippen LogP) is 1.53. The highest BCUT2D eigenvalue weighted by Crippen LogP contribution is 2.28. The van der Waals surface area contributed by atoms with Gasteiger partial charge in [-0.15, -0.1) is 0 Å². The van der Waals surface area contributed by atoms with E-state index in [1.54, 1.807) is 11.2 Å². The van der Waals surface area contributed by atoms with Crippen LogP contribution in [0.25, 0.3) is 0 Å². The molecule has 106 valence electrons. The second-order valence-corrected chi connectivity index (χ2v) is 7.92. The van der Waals surface area contributed by atoms with Crippen LogP contribution >= 0.6 is 0 Å². The normalized spacial score (nSPS) is 32.6. The van der Waals surface area contributed by atoms with Crippen molar-refractivity contribution in [3.05, 3.63) is 0 Å². The third-order valence-electron chi connectivity index (χ3n) is 4.57. The molecule has 2 rings (SSSR count). The number of rotatable bonds is 3. The Balaban J connectivity index is 1.90. The molecule has 0 aromatic heterocycles. The highest BCUT2D eigenvalue weighted by atomic mass is 32.2. The van der Waals surface area contributed by atoms with Crippen molar-refractivity contribution in [3.63, 3.8) is 0 Å². The van der Waals surface area contributed by atoms with Gasteiger partial charge in [0.15, 0.2) is 0 Å². The molecular weight excluding hydrogens is 248 g/mol. The van der Waals surface area contributed by atoms with E-state index < -0.39 is 10.0 Å². The average molecular weight is 274 g/mol. The summed E-state index contributed by atoms with van der Waals surface area (Å²) in [6.07, 6.45) is 5.32. The van der Waals surface area contributed by atoms with Crippen LogP contribution in [-0.4, -0.2) is 55.6 Å². The molecule has 0 aromatic rings. The lowest BCUT2D eigenvalue weighted by Crippen LogP contribution is -2.54. The van der Waals surface area contributed by atoms with Crippen LogP contribution in [0.2, 0.25) is 0 Å². The summed E-state index contributed by atoms with van der Waals surface area (Å²) >= 11 is 0. The van der Waals surface area contributed by atoms with Crippen molar-refractivity contribution < 1.29 is 8.42 Å². The molecule has 18 heavy (non-hydrogen) atoms. The fraction of sp³-hybridized carbons (Fsp3) is 1.00. The summed E-state index contributed by atoms with van der Waals surface area (Å²) in [6.45, 7) is 7.26. The van der Waals surface area contributed by atoms with Crippen LogP contribution in [-0.2, 0) is 10.0 Å². The van der Waals surface area contributed by atoms with Crippen molar-refractivity contribution >= 4 is 10.0 Å². The SMILES string of the molecule is CCS(=O)(=O)N1CCN([C@@H]2CCCC[C@@H]2C)CC1. The number of sulfonamides is 1. The molecule has 0 bridgehead atoms. The zero-order valence-electron chi connectivity index (χ0n) is 11.6. The molecule has 1 aliphatic heterocycles. The van der Waals surface area contributed by atoms with E-state index in [-0.39, 0.29) is 5.75 Å². The smallest absolute Gasteiger partial charge is 0.213 e. The monoisotopic (exact) mass is 274 g/mol. The fourth-order valence-electron chi connectivity index (χ4n) is 3.34. The highest BCUT2D eigenvalue weighted by molar-refractivity contribution is 7.89. The minimum Gasteiger partial charge on any atom is -0.298 e. The quantitative estimate of drug-likeness (QED) is 0.784. The first-order valence-corrected chi connectivity index (χ1v) is 8.87. The Morgan fingerprint density at radius 3 is 2.22 bits per heavy atom. The van der Waals surface area contributed by atoms with Crippen molar-refractivity contribution in [1.82, 2.24) is 9.21 Å². The Hall–Kier alpha value is -0.130. The maximum atomic E-state index is 11.8. The van der Waals surface area contributed by atoms with Gasteiger partial charge >= 0.3 is 0 Å². The molecule has 0 aromatic carbocycles. The molecule has 2 aliphatic rings. The lowest BCUT2D eigenvalue weighted by atomic mass is 9.84. The van der Waals surface area contributed by atoms with Crippen LogP contribution < -0.4 is 0 Å². The number of hydrogen-bond acceptors (Lipinski definition) is 3. The average Bonchev–Trinajstić information content (AvgIpc) is 2.39. The molecule has 0 amide bonds. The Kier molecular flexibility index (Phi) is 4.67. The molecule has 2 atom stereocenters. The first-order chi connectivity index (χ1) is 8.54. The lowest BCUT2D eigenvalue weighted by molar-refractivity contribution is 0.0786. The molecule has 0 N–H and O–H groups in total. The molecule has 5 heteroatoms. The van der Waals surface area contributed by atoms with E-state index in [9.17, 15) is 8.42 Å². The van der Waals surface area contributed by atoms with Gasteiger partial charge in [0.2, 0.25) is 10.0 Å². The fourth-order valence-corrected chi connectivity index (χ4v) is 4.42.